The molecule has 4 nitrogen and oxygen atoms in total. The van der Waals surface area contributed by atoms with Crippen molar-refractivity contribution in [2.45, 2.75) is 38.8 Å². The number of carbonyl (C=O) groups excluding carboxylic acids is 1. The lowest BCUT2D eigenvalue weighted by atomic mass is 9.89. The van der Waals surface area contributed by atoms with Crippen molar-refractivity contribution in [2.24, 2.45) is 11.7 Å². The van der Waals surface area contributed by atoms with Crippen LogP contribution in [0.5, 0.6) is 0 Å². The maximum Gasteiger partial charge on any atom is 0.239 e. The van der Waals surface area contributed by atoms with E-state index in [9.17, 15) is 9.90 Å². The lowest BCUT2D eigenvalue weighted by Crippen LogP contribution is -2.66. The third kappa shape index (κ3) is 2.07. The van der Waals surface area contributed by atoms with Gasteiger partial charge in [-0.1, -0.05) is 20.8 Å². The molecule has 3 N–H and O–H groups in total. The molecule has 0 aromatic rings. The summed E-state index contributed by atoms with van der Waals surface area (Å²) < 4.78 is 0. The van der Waals surface area contributed by atoms with Gasteiger partial charge in [-0.25, -0.2) is 0 Å². The van der Waals surface area contributed by atoms with Crippen LogP contribution in [0.25, 0.3) is 0 Å². The molecule has 0 spiro atoms. The number of amides is 1. The van der Waals surface area contributed by atoms with Crippen LogP contribution in [0.1, 0.15) is 27.2 Å². The highest BCUT2D eigenvalue weighted by molar-refractivity contribution is 5.82. The largest absolute Gasteiger partial charge is 0.386 e. The van der Waals surface area contributed by atoms with Crippen molar-refractivity contribution < 1.29 is 9.90 Å². The van der Waals surface area contributed by atoms with Gasteiger partial charge in [0.1, 0.15) is 0 Å². The second-order valence-corrected chi connectivity index (χ2v) is 4.54. The Labute approximate surface area is 85.1 Å². The van der Waals surface area contributed by atoms with Crippen LogP contribution in [0.3, 0.4) is 0 Å². The van der Waals surface area contributed by atoms with Crippen LogP contribution in [0.2, 0.25) is 0 Å². The molecule has 0 saturated carbocycles. The van der Waals surface area contributed by atoms with Gasteiger partial charge in [-0.15, -0.1) is 0 Å². The fraction of sp³-hybridized carbons (Fsp3) is 0.900. The lowest BCUT2D eigenvalue weighted by Gasteiger charge is -2.47. The molecule has 1 atom stereocenters. The van der Waals surface area contributed by atoms with Crippen LogP contribution in [-0.4, -0.2) is 40.6 Å². The van der Waals surface area contributed by atoms with Gasteiger partial charge >= 0.3 is 0 Å². The van der Waals surface area contributed by atoms with E-state index >= 15 is 0 Å². The zero-order chi connectivity index (χ0) is 10.9. The van der Waals surface area contributed by atoms with Crippen LogP contribution in [0.15, 0.2) is 0 Å². The van der Waals surface area contributed by atoms with E-state index in [0.29, 0.717) is 19.5 Å². The van der Waals surface area contributed by atoms with Crippen molar-refractivity contribution in [3.05, 3.63) is 0 Å². The molecule has 1 heterocycles. The number of hydrogen-bond acceptors (Lipinski definition) is 3. The van der Waals surface area contributed by atoms with Gasteiger partial charge in [0.25, 0.3) is 0 Å². The highest BCUT2D eigenvalue weighted by atomic mass is 16.3. The SMILES string of the molecule is CCC1(O)CN(C(=O)[C@@H](N)C(C)C)C1. The average Bonchev–Trinajstić information content (AvgIpc) is 2.10. The van der Waals surface area contributed by atoms with Crippen LogP contribution in [0.4, 0.5) is 0 Å². The van der Waals surface area contributed by atoms with Gasteiger partial charge in [0.15, 0.2) is 0 Å². The first-order valence-corrected chi connectivity index (χ1v) is 5.16. The van der Waals surface area contributed by atoms with E-state index in [1.54, 1.807) is 4.90 Å². The molecule has 0 radical (unpaired) electrons. The summed E-state index contributed by atoms with van der Waals surface area (Å²) in [6.45, 7) is 6.64. The molecule has 4 heteroatoms. The summed E-state index contributed by atoms with van der Waals surface area (Å²) in [5, 5.41) is 9.72. The molecule has 0 aromatic heterocycles. The van der Waals surface area contributed by atoms with E-state index in [1.807, 2.05) is 20.8 Å². The third-order valence-corrected chi connectivity index (χ3v) is 2.94. The minimum absolute atomic E-state index is 0.0434. The molecule has 0 aromatic carbocycles. The molecule has 82 valence electrons. The first-order valence-electron chi connectivity index (χ1n) is 5.16. The van der Waals surface area contributed by atoms with Gasteiger partial charge in [0, 0.05) is 0 Å². The molecular weight excluding hydrogens is 180 g/mol. The zero-order valence-electron chi connectivity index (χ0n) is 9.16. The monoisotopic (exact) mass is 200 g/mol. The van der Waals surface area contributed by atoms with Crippen molar-refractivity contribution >= 4 is 5.91 Å². The van der Waals surface area contributed by atoms with Gasteiger partial charge in [0.2, 0.25) is 5.91 Å². The van der Waals surface area contributed by atoms with Crippen molar-refractivity contribution in [3.63, 3.8) is 0 Å². The summed E-state index contributed by atoms with van der Waals surface area (Å²) in [5.41, 5.74) is 5.07. The predicted octanol–water partition coefficient (Wildman–Crippen LogP) is -0.0470. The Balaban J connectivity index is 2.44. The summed E-state index contributed by atoms with van der Waals surface area (Å²) in [4.78, 5) is 13.3. The quantitative estimate of drug-likeness (QED) is 0.671. The van der Waals surface area contributed by atoms with E-state index in [1.165, 1.54) is 0 Å². The molecule has 0 unspecified atom stereocenters. The van der Waals surface area contributed by atoms with Crippen molar-refractivity contribution in [1.82, 2.24) is 4.90 Å². The smallest absolute Gasteiger partial charge is 0.239 e. The Kier molecular flexibility index (Phi) is 3.17. The second kappa shape index (κ2) is 3.87. The molecule has 1 rings (SSSR count). The van der Waals surface area contributed by atoms with E-state index in [2.05, 4.69) is 0 Å². The third-order valence-electron chi connectivity index (χ3n) is 2.94. The number of nitrogens with two attached hydrogens (primary N) is 1. The van der Waals surface area contributed by atoms with E-state index in [4.69, 9.17) is 5.73 Å². The van der Waals surface area contributed by atoms with Gasteiger partial charge in [-0.2, -0.15) is 0 Å². The predicted molar refractivity (Wildman–Crippen MR) is 54.6 cm³/mol. The topological polar surface area (TPSA) is 66.6 Å². The normalized spacial score (nSPS) is 22.0. The number of nitrogens with zero attached hydrogens (tertiary/aromatic N) is 1. The summed E-state index contributed by atoms with van der Waals surface area (Å²) in [6, 6.07) is -0.434. The summed E-state index contributed by atoms with van der Waals surface area (Å²) in [6.07, 6.45) is 0.688. The highest BCUT2D eigenvalue weighted by Crippen LogP contribution is 2.24. The fourth-order valence-electron chi connectivity index (χ4n) is 1.54. The Bertz CT molecular complexity index is 222. The van der Waals surface area contributed by atoms with Gasteiger partial charge in [0.05, 0.1) is 24.7 Å². The Morgan fingerprint density at radius 1 is 1.57 bits per heavy atom. The lowest BCUT2D eigenvalue weighted by molar-refractivity contribution is -0.158. The maximum absolute atomic E-state index is 11.7. The molecule has 1 aliphatic heterocycles. The molecule has 0 bridgehead atoms. The number of carbonyl (C=O) groups is 1. The Morgan fingerprint density at radius 2 is 2.07 bits per heavy atom. The molecule has 1 saturated heterocycles. The summed E-state index contributed by atoms with van der Waals surface area (Å²) in [5.74, 6) is 0.107. The maximum atomic E-state index is 11.7. The fourth-order valence-corrected chi connectivity index (χ4v) is 1.54. The Hall–Kier alpha value is -0.610. The van der Waals surface area contributed by atoms with Crippen molar-refractivity contribution in [3.8, 4) is 0 Å². The average molecular weight is 200 g/mol. The number of likely N-dealkylation sites (tertiary alicyclic amines) is 1. The van der Waals surface area contributed by atoms with Gasteiger partial charge < -0.3 is 15.7 Å². The summed E-state index contributed by atoms with van der Waals surface area (Å²) in [7, 11) is 0. The number of hydrogen-bond donors (Lipinski definition) is 2. The van der Waals surface area contributed by atoms with Gasteiger partial charge in [-0.3, -0.25) is 4.79 Å². The number of β-amino-alcohol motifs (C(OH)–C–C–N with tert-alkyl or cyclic N) is 1. The van der Waals surface area contributed by atoms with E-state index < -0.39 is 11.6 Å². The molecule has 14 heavy (non-hydrogen) atoms. The number of aliphatic hydroxyl groups is 1. The van der Waals surface area contributed by atoms with Crippen molar-refractivity contribution in [1.29, 1.82) is 0 Å². The standard InChI is InChI=1S/C10H20N2O2/c1-4-10(14)5-12(6-10)9(13)8(11)7(2)3/h7-8,14H,4-6,11H2,1-3H3/t8-/m0/s1. The minimum atomic E-state index is -0.660. The van der Waals surface area contributed by atoms with E-state index in [0.717, 1.165) is 0 Å². The second-order valence-electron chi connectivity index (χ2n) is 4.54. The highest BCUT2D eigenvalue weighted by Gasteiger charge is 2.43. The molecule has 1 amide bonds. The Morgan fingerprint density at radius 3 is 2.43 bits per heavy atom. The first kappa shape index (κ1) is 11.5. The first-order chi connectivity index (χ1) is 6.39. The zero-order valence-corrected chi connectivity index (χ0v) is 9.16. The van der Waals surface area contributed by atoms with Crippen LogP contribution < -0.4 is 5.73 Å². The van der Waals surface area contributed by atoms with E-state index in [-0.39, 0.29) is 11.8 Å². The van der Waals surface area contributed by atoms with Crippen LogP contribution >= 0.6 is 0 Å². The number of rotatable bonds is 3. The van der Waals surface area contributed by atoms with Crippen LogP contribution in [0, 0.1) is 5.92 Å². The molecule has 1 aliphatic rings. The molecule has 0 aliphatic carbocycles. The summed E-state index contributed by atoms with van der Waals surface area (Å²) >= 11 is 0. The molecule has 1 fully saturated rings. The van der Waals surface area contributed by atoms with Gasteiger partial charge in [-0.05, 0) is 12.3 Å². The minimum Gasteiger partial charge on any atom is -0.386 e. The van der Waals surface area contributed by atoms with Crippen molar-refractivity contribution in [2.75, 3.05) is 13.1 Å². The van der Waals surface area contributed by atoms with Crippen LogP contribution in [-0.2, 0) is 4.79 Å². The molecular formula is C10H20N2O2.